The third-order valence-electron chi connectivity index (χ3n) is 4.17. The van der Waals surface area contributed by atoms with E-state index < -0.39 is 0 Å². The molecule has 6 nitrogen and oxygen atoms in total. The van der Waals surface area contributed by atoms with Gasteiger partial charge in [-0.2, -0.15) is 10.2 Å². The lowest BCUT2D eigenvalue weighted by Crippen LogP contribution is -2.15. The van der Waals surface area contributed by atoms with E-state index in [1.54, 1.807) is 35.3 Å². The largest absolute Gasteiger partial charge is 0.287 e. The number of carbonyl (C=O) groups is 1. The maximum absolute atomic E-state index is 12.6. The molecule has 0 bridgehead atoms. The fourth-order valence-electron chi connectivity index (χ4n) is 2.70. The maximum Gasteiger partial charge on any atom is 0.278 e. The number of benzene rings is 2. The molecule has 0 amide bonds. The van der Waals surface area contributed by atoms with Gasteiger partial charge in [-0.1, -0.05) is 35.9 Å². The Labute approximate surface area is 155 Å². The van der Waals surface area contributed by atoms with Crippen molar-refractivity contribution in [2.24, 2.45) is 0 Å². The predicted molar refractivity (Wildman–Crippen MR) is 102 cm³/mol. The minimum absolute atomic E-state index is 0.191. The summed E-state index contributed by atoms with van der Waals surface area (Å²) in [7, 11) is 0. The summed E-state index contributed by atoms with van der Waals surface area (Å²) in [5.41, 5.74) is 2.72. The van der Waals surface area contributed by atoms with E-state index >= 15 is 0 Å². The second-order valence-electron chi connectivity index (χ2n) is 6.13. The average Bonchev–Trinajstić information content (AvgIpc) is 3.19. The van der Waals surface area contributed by atoms with Crippen LogP contribution in [0.25, 0.3) is 17.1 Å². The van der Waals surface area contributed by atoms with Crippen molar-refractivity contribution in [1.29, 1.82) is 0 Å². The van der Waals surface area contributed by atoms with Crippen molar-refractivity contribution in [1.82, 2.24) is 19.6 Å². The first-order valence-electron chi connectivity index (χ1n) is 8.45. The number of aromatic nitrogens is 4. The van der Waals surface area contributed by atoms with Gasteiger partial charge in [0.05, 0.1) is 5.69 Å². The molecule has 2 aromatic carbocycles. The van der Waals surface area contributed by atoms with E-state index in [0.717, 1.165) is 11.3 Å². The zero-order valence-electron chi connectivity index (χ0n) is 14.6. The van der Waals surface area contributed by atoms with E-state index in [-0.39, 0.29) is 17.0 Å². The molecule has 0 unspecified atom stereocenters. The van der Waals surface area contributed by atoms with Crippen molar-refractivity contribution >= 4 is 5.91 Å². The van der Waals surface area contributed by atoms with Crippen LogP contribution < -0.4 is 5.43 Å². The Balaban J connectivity index is 1.70. The second-order valence-corrected chi connectivity index (χ2v) is 6.13. The van der Waals surface area contributed by atoms with Crippen LogP contribution in [0.15, 0.2) is 83.9 Å². The quantitative estimate of drug-likeness (QED) is 0.566. The average molecular weight is 356 g/mol. The van der Waals surface area contributed by atoms with Crippen molar-refractivity contribution in [3.8, 4) is 17.1 Å². The van der Waals surface area contributed by atoms with E-state index in [0.29, 0.717) is 11.3 Å². The summed E-state index contributed by atoms with van der Waals surface area (Å²) >= 11 is 0. The number of nitrogens with zero attached hydrogens (tertiary/aromatic N) is 4. The van der Waals surface area contributed by atoms with Crippen LogP contribution in [0.2, 0.25) is 0 Å². The highest BCUT2D eigenvalue weighted by atomic mass is 16.2. The van der Waals surface area contributed by atoms with E-state index in [4.69, 9.17) is 0 Å². The summed E-state index contributed by atoms with van der Waals surface area (Å²) in [6, 6.07) is 19.8. The molecule has 2 heterocycles. The molecule has 0 N–H and O–H groups in total. The van der Waals surface area contributed by atoms with Crippen LogP contribution in [-0.4, -0.2) is 25.5 Å². The van der Waals surface area contributed by atoms with Crippen LogP contribution in [0.3, 0.4) is 0 Å². The Kier molecular flexibility index (Phi) is 4.22. The first kappa shape index (κ1) is 16.7. The lowest BCUT2D eigenvalue weighted by molar-refractivity contribution is 0.0945. The molecule has 0 atom stereocenters. The van der Waals surface area contributed by atoms with Crippen LogP contribution in [0, 0.1) is 6.92 Å². The number of hydrogen-bond acceptors (Lipinski definition) is 4. The van der Waals surface area contributed by atoms with Gasteiger partial charge in [-0.15, -0.1) is 0 Å². The lowest BCUT2D eigenvalue weighted by Gasteiger charge is -2.06. The van der Waals surface area contributed by atoms with Gasteiger partial charge in [0.1, 0.15) is 5.69 Å². The summed E-state index contributed by atoms with van der Waals surface area (Å²) in [6.45, 7) is 1.96. The molecule has 0 saturated carbocycles. The molecular formula is C21H16N4O2. The first-order valence-corrected chi connectivity index (χ1v) is 8.45. The normalized spacial score (nSPS) is 10.7. The zero-order valence-corrected chi connectivity index (χ0v) is 14.6. The predicted octanol–water partition coefficient (Wildman–Crippen LogP) is 3.09. The maximum atomic E-state index is 12.6. The van der Waals surface area contributed by atoms with Gasteiger partial charge < -0.3 is 0 Å². The van der Waals surface area contributed by atoms with Gasteiger partial charge in [0, 0.05) is 24.0 Å². The Morgan fingerprint density at radius 3 is 2.33 bits per heavy atom. The standard InChI is InChI=1S/C21H16N4O2/c1-15-7-9-16(10-8-15)21(27)25-13-11-18(22-25)20-19(26)12-14-24(23-20)17-5-3-2-4-6-17/h2-14H,1H3. The molecule has 0 fully saturated rings. The summed E-state index contributed by atoms with van der Waals surface area (Å²) in [5.74, 6) is -0.263. The van der Waals surface area contributed by atoms with Crippen LogP contribution >= 0.6 is 0 Å². The second kappa shape index (κ2) is 6.84. The molecule has 6 heteroatoms. The van der Waals surface area contributed by atoms with Crippen molar-refractivity contribution in [2.45, 2.75) is 6.92 Å². The third-order valence-corrected chi connectivity index (χ3v) is 4.17. The monoisotopic (exact) mass is 356 g/mol. The molecule has 0 saturated heterocycles. The highest BCUT2D eigenvalue weighted by Gasteiger charge is 2.14. The van der Waals surface area contributed by atoms with Crippen LogP contribution in [-0.2, 0) is 0 Å². The molecule has 0 aliphatic heterocycles. The summed E-state index contributed by atoms with van der Waals surface area (Å²) in [6.07, 6.45) is 3.15. The first-order chi connectivity index (χ1) is 13.1. The Morgan fingerprint density at radius 1 is 0.852 bits per heavy atom. The summed E-state index contributed by atoms with van der Waals surface area (Å²) < 4.78 is 2.83. The van der Waals surface area contributed by atoms with Crippen molar-refractivity contribution in [3.63, 3.8) is 0 Å². The molecule has 0 aliphatic rings. The molecule has 2 aromatic heterocycles. The van der Waals surface area contributed by atoms with Gasteiger partial charge in [0.2, 0.25) is 5.43 Å². The topological polar surface area (TPSA) is 69.8 Å². The number of rotatable bonds is 3. The van der Waals surface area contributed by atoms with E-state index in [9.17, 15) is 9.59 Å². The zero-order chi connectivity index (χ0) is 18.8. The van der Waals surface area contributed by atoms with E-state index in [1.807, 2.05) is 49.4 Å². The Hall–Kier alpha value is -3.80. The van der Waals surface area contributed by atoms with Crippen LogP contribution in [0.5, 0.6) is 0 Å². The smallest absolute Gasteiger partial charge is 0.278 e. The van der Waals surface area contributed by atoms with Gasteiger partial charge in [0.15, 0.2) is 5.69 Å². The minimum atomic E-state index is -0.263. The van der Waals surface area contributed by atoms with Crippen molar-refractivity contribution in [2.75, 3.05) is 0 Å². The third kappa shape index (κ3) is 3.32. The molecule has 27 heavy (non-hydrogen) atoms. The van der Waals surface area contributed by atoms with Gasteiger partial charge in [0.25, 0.3) is 5.91 Å². The summed E-state index contributed by atoms with van der Waals surface area (Å²) in [4.78, 5) is 24.9. The minimum Gasteiger partial charge on any atom is -0.287 e. The Morgan fingerprint density at radius 2 is 1.59 bits per heavy atom. The summed E-state index contributed by atoms with van der Waals surface area (Å²) in [5, 5.41) is 8.65. The fraction of sp³-hybridized carbons (Fsp3) is 0.0476. The molecule has 4 aromatic rings. The Bertz CT molecular complexity index is 1160. The van der Waals surface area contributed by atoms with Crippen LogP contribution in [0.1, 0.15) is 15.9 Å². The molecule has 0 radical (unpaired) electrons. The number of carbonyl (C=O) groups excluding carboxylic acids is 1. The lowest BCUT2D eigenvalue weighted by atomic mass is 10.1. The molecule has 0 aliphatic carbocycles. The van der Waals surface area contributed by atoms with Crippen molar-refractivity contribution < 1.29 is 4.79 Å². The van der Waals surface area contributed by atoms with E-state index in [2.05, 4.69) is 10.2 Å². The van der Waals surface area contributed by atoms with Gasteiger partial charge >= 0.3 is 0 Å². The fourth-order valence-corrected chi connectivity index (χ4v) is 2.70. The number of para-hydroxylation sites is 1. The molecular weight excluding hydrogens is 340 g/mol. The SMILES string of the molecule is Cc1ccc(C(=O)n2ccc(-c3nn(-c4ccccc4)ccc3=O)n2)cc1. The molecule has 4 rings (SSSR count). The molecule has 132 valence electrons. The number of hydrogen-bond donors (Lipinski definition) is 0. The highest BCUT2D eigenvalue weighted by molar-refractivity contribution is 5.95. The van der Waals surface area contributed by atoms with Crippen LogP contribution in [0.4, 0.5) is 0 Å². The molecule has 0 spiro atoms. The van der Waals surface area contributed by atoms with Crippen molar-refractivity contribution in [3.05, 3.63) is 100 Å². The van der Waals surface area contributed by atoms with Gasteiger partial charge in [-0.05, 0) is 37.3 Å². The number of aryl methyl sites for hydroxylation is 1. The van der Waals surface area contributed by atoms with Gasteiger partial charge in [-0.3, -0.25) is 9.59 Å². The van der Waals surface area contributed by atoms with E-state index in [1.165, 1.54) is 10.7 Å². The highest BCUT2D eigenvalue weighted by Crippen LogP contribution is 2.13. The van der Waals surface area contributed by atoms with Gasteiger partial charge in [-0.25, -0.2) is 9.36 Å².